The van der Waals surface area contributed by atoms with Gasteiger partial charge in [0.05, 0.1) is 26.4 Å². The summed E-state index contributed by atoms with van der Waals surface area (Å²) in [5.41, 5.74) is 1.74. The van der Waals surface area contributed by atoms with Gasteiger partial charge in [-0.05, 0) is 17.7 Å². The molecule has 0 N–H and O–H groups in total. The largest absolute Gasteiger partial charge is 0.497 e. The van der Waals surface area contributed by atoms with E-state index in [9.17, 15) is 4.79 Å². The summed E-state index contributed by atoms with van der Waals surface area (Å²) in [4.78, 5) is 12.7. The number of methoxy groups -OCH3 is 1. The highest BCUT2D eigenvalue weighted by molar-refractivity contribution is 5.99. The molecule has 0 unspecified atom stereocenters. The van der Waals surface area contributed by atoms with Crippen molar-refractivity contribution in [2.45, 2.75) is 25.7 Å². The molecule has 2 aromatic carbocycles. The van der Waals surface area contributed by atoms with Crippen molar-refractivity contribution < 1.29 is 19.0 Å². The van der Waals surface area contributed by atoms with Gasteiger partial charge >= 0.3 is 0 Å². The van der Waals surface area contributed by atoms with E-state index in [1.54, 1.807) is 7.11 Å². The molecule has 1 aliphatic heterocycles. The molecule has 4 nitrogen and oxygen atoms in total. The van der Waals surface area contributed by atoms with E-state index in [-0.39, 0.29) is 17.8 Å². The van der Waals surface area contributed by atoms with Gasteiger partial charge in [-0.2, -0.15) is 0 Å². The molecule has 3 rings (SSSR count). The lowest BCUT2D eigenvalue weighted by Crippen LogP contribution is -2.38. The number of benzene rings is 2. The summed E-state index contributed by atoms with van der Waals surface area (Å²) in [5, 5.41) is 0. The Morgan fingerprint density at radius 1 is 1.04 bits per heavy atom. The SMILES string of the molecule is COc1ccc(COC[C@H]2C=C[C@H](C)[C@@H](C(=O)c3ccccc3)O2)cc1. The van der Waals surface area contributed by atoms with Gasteiger partial charge in [0.1, 0.15) is 11.9 Å². The molecule has 0 fully saturated rings. The number of hydrogen-bond acceptors (Lipinski definition) is 4. The van der Waals surface area contributed by atoms with Gasteiger partial charge in [0, 0.05) is 11.5 Å². The van der Waals surface area contributed by atoms with Gasteiger partial charge in [-0.1, -0.05) is 61.5 Å². The molecule has 1 aliphatic rings. The van der Waals surface area contributed by atoms with Crippen LogP contribution in [0.25, 0.3) is 0 Å². The maximum atomic E-state index is 12.7. The van der Waals surface area contributed by atoms with Crippen molar-refractivity contribution in [3.05, 3.63) is 77.9 Å². The number of carbonyl (C=O) groups is 1. The number of carbonyl (C=O) groups excluding carboxylic acids is 1. The van der Waals surface area contributed by atoms with Crippen molar-refractivity contribution in [2.24, 2.45) is 5.92 Å². The normalized spacial score (nSPS) is 22.2. The van der Waals surface area contributed by atoms with E-state index in [4.69, 9.17) is 14.2 Å². The van der Waals surface area contributed by atoms with Crippen molar-refractivity contribution >= 4 is 5.78 Å². The lowest BCUT2D eigenvalue weighted by atomic mass is 9.93. The Balaban J connectivity index is 1.54. The summed E-state index contributed by atoms with van der Waals surface area (Å²) in [7, 11) is 1.65. The fraction of sp³-hybridized carbons (Fsp3) is 0.318. The van der Waals surface area contributed by atoms with Gasteiger partial charge in [0.2, 0.25) is 0 Å². The molecule has 0 radical (unpaired) electrons. The van der Waals surface area contributed by atoms with Crippen LogP contribution in [-0.4, -0.2) is 31.7 Å². The zero-order chi connectivity index (χ0) is 18.4. The van der Waals surface area contributed by atoms with Crippen LogP contribution in [0.3, 0.4) is 0 Å². The second kappa shape index (κ2) is 8.79. The second-order valence-electron chi connectivity index (χ2n) is 6.43. The Bertz CT molecular complexity index is 736. The zero-order valence-electron chi connectivity index (χ0n) is 15.1. The number of rotatable bonds is 7. The average molecular weight is 352 g/mol. The standard InChI is InChI=1S/C22H24O4/c1-16-8-11-20(15-25-14-17-9-12-19(24-2)13-10-17)26-22(16)21(23)18-6-4-3-5-7-18/h3-13,16,20,22H,14-15H2,1-2H3/t16-,20+,22-/m0/s1. The summed E-state index contributed by atoms with van der Waals surface area (Å²) in [6, 6.07) is 17.0. The van der Waals surface area contributed by atoms with E-state index >= 15 is 0 Å². The highest BCUT2D eigenvalue weighted by Gasteiger charge is 2.30. The smallest absolute Gasteiger partial charge is 0.192 e. The molecule has 136 valence electrons. The lowest BCUT2D eigenvalue weighted by molar-refractivity contribution is -0.0460. The maximum Gasteiger partial charge on any atom is 0.192 e. The maximum absolute atomic E-state index is 12.7. The van der Waals surface area contributed by atoms with Crippen LogP contribution in [0, 0.1) is 5.92 Å². The van der Waals surface area contributed by atoms with Crippen molar-refractivity contribution in [1.82, 2.24) is 0 Å². The number of hydrogen-bond donors (Lipinski definition) is 0. The lowest BCUT2D eigenvalue weighted by Gasteiger charge is -2.29. The third-order valence-corrected chi connectivity index (χ3v) is 4.45. The monoisotopic (exact) mass is 352 g/mol. The van der Waals surface area contributed by atoms with E-state index in [0.717, 1.165) is 11.3 Å². The highest BCUT2D eigenvalue weighted by atomic mass is 16.5. The molecule has 0 aromatic heterocycles. The summed E-state index contributed by atoms with van der Waals surface area (Å²) in [6.07, 6.45) is 3.32. The fourth-order valence-corrected chi connectivity index (χ4v) is 2.93. The van der Waals surface area contributed by atoms with Gasteiger partial charge in [-0.25, -0.2) is 0 Å². The van der Waals surface area contributed by atoms with E-state index in [1.807, 2.05) is 73.7 Å². The number of ketones is 1. The van der Waals surface area contributed by atoms with E-state index in [2.05, 4.69) is 0 Å². The van der Waals surface area contributed by atoms with Crippen molar-refractivity contribution in [3.8, 4) is 5.75 Å². The van der Waals surface area contributed by atoms with Crippen LogP contribution in [0.1, 0.15) is 22.8 Å². The third kappa shape index (κ3) is 4.59. The van der Waals surface area contributed by atoms with Gasteiger partial charge < -0.3 is 14.2 Å². The predicted molar refractivity (Wildman–Crippen MR) is 100 cm³/mol. The molecular formula is C22H24O4. The number of ether oxygens (including phenoxy) is 3. The molecular weight excluding hydrogens is 328 g/mol. The van der Waals surface area contributed by atoms with Crippen molar-refractivity contribution in [2.75, 3.05) is 13.7 Å². The minimum atomic E-state index is -0.475. The van der Waals surface area contributed by atoms with Crippen LogP contribution >= 0.6 is 0 Å². The third-order valence-electron chi connectivity index (χ3n) is 4.45. The van der Waals surface area contributed by atoms with Crippen molar-refractivity contribution in [3.63, 3.8) is 0 Å². The van der Waals surface area contributed by atoms with E-state index < -0.39 is 6.10 Å². The molecule has 4 heteroatoms. The summed E-state index contributed by atoms with van der Waals surface area (Å²) in [6.45, 7) is 2.90. The van der Waals surface area contributed by atoms with Crippen molar-refractivity contribution in [1.29, 1.82) is 0 Å². The first-order valence-corrected chi connectivity index (χ1v) is 8.81. The summed E-state index contributed by atoms with van der Waals surface area (Å²) in [5.74, 6) is 0.881. The molecule has 0 spiro atoms. The predicted octanol–water partition coefficient (Wildman–Crippen LogP) is 4.05. The molecule has 0 saturated heterocycles. The van der Waals surface area contributed by atoms with Gasteiger partial charge in [-0.15, -0.1) is 0 Å². The van der Waals surface area contributed by atoms with E-state index in [0.29, 0.717) is 18.8 Å². The first-order chi connectivity index (χ1) is 12.7. The molecule has 0 amide bonds. The quantitative estimate of drug-likeness (QED) is 0.557. The van der Waals surface area contributed by atoms with Gasteiger partial charge in [0.25, 0.3) is 0 Å². The van der Waals surface area contributed by atoms with Crippen LogP contribution in [0.2, 0.25) is 0 Å². The Morgan fingerprint density at radius 3 is 2.46 bits per heavy atom. The molecule has 0 bridgehead atoms. The van der Waals surface area contributed by atoms with Gasteiger partial charge in [-0.3, -0.25) is 4.79 Å². The van der Waals surface area contributed by atoms with Crippen LogP contribution in [0.15, 0.2) is 66.7 Å². The first-order valence-electron chi connectivity index (χ1n) is 8.81. The molecule has 2 aromatic rings. The fourth-order valence-electron chi connectivity index (χ4n) is 2.93. The van der Waals surface area contributed by atoms with Crippen LogP contribution in [0.4, 0.5) is 0 Å². The first kappa shape index (κ1) is 18.4. The molecule has 3 atom stereocenters. The summed E-state index contributed by atoms with van der Waals surface area (Å²) < 4.78 is 16.9. The minimum absolute atomic E-state index is 0.0163. The molecule has 0 saturated carbocycles. The van der Waals surface area contributed by atoms with E-state index in [1.165, 1.54) is 0 Å². The summed E-state index contributed by atoms with van der Waals surface area (Å²) >= 11 is 0. The Kier molecular flexibility index (Phi) is 6.21. The minimum Gasteiger partial charge on any atom is -0.497 e. The Labute approximate surface area is 154 Å². The Morgan fingerprint density at radius 2 is 1.77 bits per heavy atom. The number of Topliss-reactive ketones (excluding diaryl/α,β-unsaturated/α-hetero) is 1. The van der Waals surface area contributed by atoms with Crippen LogP contribution in [0.5, 0.6) is 5.75 Å². The highest BCUT2D eigenvalue weighted by Crippen LogP contribution is 2.23. The Hall–Kier alpha value is -2.43. The van der Waals surface area contributed by atoms with Crippen LogP contribution < -0.4 is 4.74 Å². The molecule has 0 aliphatic carbocycles. The zero-order valence-corrected chi connectivity index (χ0v) is 15.1. The second-order valence-corrected chi connectivity index (χ2v) is 6.43. The van der Waals surface area contributed by atoms with Crippen LogP contribution in [-0.2, 0) is 16.1 Å². The average Bonchev–Trinajstić information content (AvgIpc) is 2.70. The molecule has 26 heavy (non-hydrogen) atoms. The van der Waals surface area contributed by atoms with Gasteiger partial charge in [0.15, 0.2) is 5.78 Å². The topological polar surface area (TPSA) is 44.8 Å². The molecule has 1 heterocycles.